The Labute approximate surface area is 244 Å². The van der Waals surface area contributed by atoms with Crippen molar-refractivity contribution < 1.29 is 21.9 Å². The van der Waals surface area contributed by atoms with Crippen LogP contribution in [0, 0.1) is 29.1 Å². The van der Waals surface area contributed by atoms with Crippen molar-refractivity contribution in [2.24, 2.45) is 5.92 Å². The first kappa shape index (κ1) is 27.4. The van der Waals surface area contributed by atoms with Crippen LogP contribution >= 0.6 is 8.58 Å². The van der Waals surface area contributed by atoms with Gasteiger partial charge in [-0.05, 0) is 38.5 Å². The average molecular weight is 608 g/mol. The maximum Gasteiger partial charge on any atom is 0.249 e. The topological polar surface area (TPSA) is 97.3 Å². The maximum absolute atomic E-state index is 16.8. The molecule has 3 aliphatic heterocycles. The molecule has 2 aromatic heterocycles. The summed E-state index contributed by atoms with van der Waals surface area (Å²) in [7, 11) is -3.61. The molecule has 0 radical (unpaired) electrons. The van der Waals surface area contributed by atoms with Crippen LogP contribution in [0.1, 0.15) is 25.8 Å². The van der Waals surface area contributed by atoms with E-state index < -0.39 is 26.6 Å². The lowest BCUT2D eigenvalue weighted by Crippen LogP contribution is -2.59. The largest absolute Gasteiger partial charge is 0.471 e. The number of pyridine rings is 1. The Morgan fingerprint density at radius 2 is 2.02 bits per heavy atom. The Morgan fingerprint density at radius 3 is 2.86 bits per heavy atom. The average Bonchev–Trinajstić information content (AvgIpc) is 3.14. The molecule has 42 heavy (non-hydrogen) atoms. The van der Waals surface area contributed by atoms with Crippen molar-refractivity contribution in [2.75, 3.05) is 36.4 Å². The van der Waals surface area contributed by atoms with Crippen molar-refractivity contribution in [3.05, 3.63) is 47.5 Å². The zero-order chi connectivity index (χ0) is 29.2. The smallest absolute Gasteiger partial charge is 0.249 e. The lowest BCUT2D eigenvalue weighted by atomic mass is 9.93. The molecule has 3 bridgehead atoms. The van der Waals surface area contributed by atoms with Gasteiger partial charge in [-0.3, -0.25) is 0 Å². The molecular formula is C30H28F2N5O3PS. The number of nitrogens with one attached hydrogen (secondary N) is 1. The highest BCUT2D eigenvalue weighted by Crippen LogP contribution is 2.44. The molecule has 0 saturated carbocycles. The summed E-state index contributed by atoms with van der Waals surface area (Å²) in [5.74, 6) is 1.96. The number of fused-ring (bicyclic) bond motifs is 6. The minimum atomic E-state index is -3.90. The first-order chi connectivity index (χ1) is 20.3. The minimum absolute atomic E-state index is 0.0496. The highest BCUT2D eigenvalue weighted by Gasteiger charge is 2.42. The van der Waals surface area contributed by atoms with Crippen LogP contribution in [0.25, 0.3) is 32.9 Å². The molecule has 7 rings (SSSR count). The number of aromatic nitrogens is 3. The number of benzene rings is 2. The van der Waals surface area contributed by atoms with Gasteiger partial charge in [0, 0.05) is 30.6 Å². The van der Waals surface area contributed by atoms with E-state index in [1.54, 1.807) is 18.2 Å². The predicted molar refractivity (Wildman–Crippen MR) is 160 cm³/mol. The molecular weight excluding hydrogens is 579 g/mol. The SMILES string of the molecule is CCS(=O)(=O)c1nc2c3c4nc(c(F)c3n1)-c1cccc3ccc(F)c(c13)C#CPCCC(C)C(O4)C1CNCCN21. The number of nitrogens with zero attached hydrogens (tertiary/aromatic N) is 4. The van der Waals surface area contributed by atoms with Gasteiger partial charge in [0.25, 0.3) is 0 Å². The van der Waals surface area contributed by atoms with E-state index in [0.717, 1.165) is 12.6 Å². The number of ether oxygens (including phenoxy) is 1. The van der Waals surface area contributed by atoms with E-state index in [9.17, 15) is 8.42 Å². The minimum Gasteiger partial charge on any atom is -0.471 e. The molecule has 0 spiro atoms. The summed E-state index contributed by atoms with van der Waals surface area (Å²) < 4.78 is 65.0. The molecule has 4 atom stereocenters. The summed E-state index contributed by atoms with van der Waals surface area (Å²) in [4.78, 5) is 15.6. The van der Waals surface area contributed by atoms with Crippen molar-refractivity contribution in [2.45, 2.75) is 37.6 Å². The molecule has 0 amide bonds. The fourth-order valence-corrected chi connectivity index (χ4v) is 7.79. The second kappa shape index (κ2) is 10.4. The van der Waals surface area contributed by atoms with Crippen molar-refractivity contribution in [3.8, 4) is 28.7 Å². The first-order valence-electron chi connectivity index (χ1n) is 14.0. The summed E-state index contributed by atoms with van der Waals surface area (Å²) in [6.07, 6.45) is 1.24. The maximum atomic E-state index is 16.8. The lowest BCUT2D eigenvalue weighted by Gasteiger charge is -2.41. The fourth-order valence-electron chi connectivity index (χ4n) is 6.13. The molecule has 0 aliphatic carbocycles. The van der Waals surface area contributed by atoms with E-state index in [1.807, 2.05) is 11.0 Å². The van der Waals surface area contributed by atoms with Crippen LogP contribution in [0.2, 0.25) is 0 Å². The van der Waals surface area contributed by atoms with Crippen molar-refractivity contribution >= 4 is 45.9 Å². The molecule has 1 fully saturated rings. The highest BCUT2D eigenvalue weighted by atomic mass is 32.2. The lowest BCUT2D eigenvalue weighted by molar-refractivity contribution is 0.104. The van der Waals surface area contributed by atoms with Gasteiger partial charge >= 0.3 is 0 Å². The second-order valence-corrected chi connectivity index (χ2v) is 14.1. The molecule has 12 heteroatoms. The number of rotatable bonds is 2. The van der Waals surface area contributed by atoms with Gasteiger partial charge in [0.2, 0.25) is 20.9 Å². The van der Waals surface area contributed by atoms with Gasteiger partial charge in [-0.1, -0.05) is 49.7 Å². The van der Waals surface area contributed by atoms with Crippen LogP contribution < -0.4 is 15.0 Å². The van der Waals surface area contributed by atoms with Gasteiger partial charge in [0.15, 0.2) is 5.82 Å². The molecule has 8 nitrogen and oxygen atoms in total. The van der Waals surface area contributed by atoms with Crippen molar-refractivity contribution in [1.29, 1.82) is 0 Å². The van der Waals surface area contributed by atoms with Crippen LogP contribution in [-0.2, 0) is 9.84 Å². The van der Waals surface area contributed by atoms with Crippen LogP contribution in [0.15, 0.2) is 35.5 Å². The predicted octanol–water partition coefficient (Wildman–Crippen LogP) is 4.48. The third-order valence-corrected chi connectivity index (χ3v) is 10.7. The van der Waals surface area contributed by atoms with E-state index >= 15 is 8.78 Å². The molecule has 3 aliphatic rings. The third-order valence-electron chi connectivity index (χ3n) is 8.36. The van der Waals surface area contributed by atoms with E-state index in [4.69, 9.17) is 9.72 Å². The van der Waals surface area contributed by atoms with Gasteiger partial charge in [-0.2, -0.15) is 0 Å². The summed E-state index contributed by atoms with van der Waals surface area (Å²) in [5.41, 5.74) is 3.36. The summed E-state index contributed by atoms with van der Waals surface area (Å²) >= 11 is 0. The van der Waals surface area contributed by atoms with E-state index in [1.165, 1.54) is 13.0 Å². The summed E-state index contributed by atoms with van der Waals surface area (Å²) in [5, 5.41) is 4.34. The quantitative estimate of drug-likeness (QED) is 0.203. The van der Waals surface area contributed by atoms with Crippen LogP contribution in [0.4, 0.5) is 14.6 Å². The van der Waals surface area contributed by atoms with Crippen LogP contribution in [-0.4, -0.2) is 67.1 Å². The van der Waals surface area contributed by atoms with Crippen molar-refractivity contribution in [1.82, 2.24) is 20.3 Å². The fraction of sp³-hybridized carbons (Fsp3) is 0.367. The number of anilines is 1. The van der Waals surface area contributed by atoms with Gasteiger partial charge in [0.05, 0.1) is 17.4 Å². The number of piperazine rings is 1. The van der Waals surface area contributed by atoms with E-state index in [0.29, 0.717) is 41.8 Å². The second-order valence-electron chi connectivity index (χ2n) is 10.9. The number of hydrogen-bond acceptors (Lipinski definition) is 8. The first-order valence-corrected chi connectivity index (χ1v) is 16.9. The van der Waals surface area contributed by atoms with Crippen LogP contribution in [0.5, 0.6) is 5.88 Å². The summed E-state index contributed by atoms with van der Waals surface area (Å²) in [6.45, 7) is 5.35. The Morgan fingerprint density at radius 1 is 1.17 bits per heavy atom. The molecule has 4 unspecified atom stereocenters. The zero-order valence-electron chi connectivity index (χ0n) is 23.0. The monoisotopic (exact) mass is 607 g/mol. The molecule has 1 N–H and O–H groups in total. The zero-order valence-corrected chi connectivity index (χ0v) is 24.9. The number of halogens is 2. The Hall–Kier alpha value is -3.45. The Kier molecular flexibility index (Phi) is 6.76. The number of sulfone groups is 1. The van der Waals surface area contributed by atoms with Gasteiger partial charge in [0.1, 0.15) is 34.3 Å². The summed E-state index contributed by atoms with van der Waals surface area (Å²) in [6, 6.07) is 8.02. The van der Waals surface area contributed by atoms with Gasteiger partial charge < -0.3 is 15.0 Å². The van der Waals surface area contributed by atoms with Crippen LogP contribution in [0.3, 0.4) is 0 Å². The molecule has 4 aromatic rings. The number of hydrogen-bond donors (Lipinski definition) is 1. The molecule has 1 saturated heterocycles. The Balaban J connectivity index is 1.63. The van der Waals surface area contributed by atoms with Crippen molar-refractivity contribution in [3.63, 3.8) is 0 Å². The Bertz CT molecular complexity index is 1950. The van der Waals surface area contributed by atoms with Gasteiger partial charge in [-0.25, -0.2) is 32.2 Å². The molecule has 216 valence electrons. The highest BCUT2D eigenvalue weighted by molar-refractivity contribution is 7.91. The third kappa shape index (κ3) is 4.31. The van der Waals surface area contributed by atoms with E-state index in [-0.39, 0.29) is 60.4 Å². The standard InChI is InChI=1S/C30H28F2N5O3PS/c1-3-42(38,39)30-35-26-23-28(36-30)37-12-11-33-15-21(37)27-16(2)9-13-41-14-10-18-20(31)8-7-17-5-4-6-19(22(17)18)25(24(26)32)34-29(23)40-27/h4-8,16,21,27,33,41H,3,9,11-13,15H2,1-2H3. The van der Waals surface area contributed by atoms with E-state index in [2.05, 4.69) is 33.8 Å². The normalized spacial score (nSPS) is 22.4. The van der Waals surface area contributed by atoms with Gasteiger partial charge in [-0.15, -0.1) is 0 Å². The molecule has 5 heterocycles. The molecule has 2 aromatic carbocycles.